The molecule has 3 rings (SSSR count). The molecule has 1 saturated heterocycles. The van der Waals surface area contributed by atoms with Crippen molar-refractivity contribution in [3.05, 3.63) is 42.6 Å². The molecule has 1 fully saturated rings. The highest BCUT2D eigenvalue weighted by Crippen LogP contribution is 2.10. The maximum absolute atomic E-state index is 12.2. The Morgan fingerprint density at radius 3 is 2.92 bits per heavy atom. The van der Waals surface area contributed by atoms with Crippen molar-refractivity contribution in [2.45, 2.75) is 25.7 Å². The molecule has 0 saturated carbocycles. The summed E-state index contributed by atoms with van der Waals surface area (Å²) in [6, 6.07) is 3.50. The fraction of sp³-hybridized carbons (Fsp3) is 0.412. The van der Waals surface area contributed by atoms with Gasteiger partial charge in [0.05, 0.1) is 5.56 Å². The first-order chi connectivity index (χ1) is 11.7. The van der Waals surface area contributed by atoms with Crippen molar-refractivity contribution < 1.29 is 9.59 Å². The van der Waals surface area contributed by atoms with E-state index in [4.69, 9.17) is 0 Å². The van der Waals surface area contributed by atoms with Crippen molar-refractivity contribution in [2.75, 3.05) is 19.6 Å². The number of nitrogens with one attached hydrogen (secondary N) is 1. The van der Waals surface area contributed by atoms with E-state index in [0.717, 1.165) is 25.8 Å². The van der Waals surface area contributed by atoms with Crippen molar-refractivity contribution >= 4 is 11.8 Å². The predicted octanol–water partition coefficient (Wildman–Crippen LogP) is 1.40. The van der Waals surface area contributed by atoms with Crippen molar-refractivity contribution in [3.63, 3.8) is 0 Å². The molecule has 7 heteroatoms. The molecule has 2 amide bonds. The van der Waals surface area contributed by atoms with Gasteiger partial charge in [-0.05, 0) is 25.0 Å². The summed E-state index contributed by atoms with van der Waals surface area (Å²) < 4.78 is 1.77. The fourth-order valence-corrected chi connectivity index (χ4v) is 2.75. The molecule has 0 aromatic carbocycles. The van der Waals surface area contributed by atoms with Crippen molar-refractivity contribution in [2.24, 2.45) is 0 Å². The van der Waals surface area contributed by atoms with Crippen LogP contribution in [0.15, 0.2) is 37.1 Å². The topological polar surface area (TPSA) is 80.1 Å². The van der Waals surface area contributed by atoms with Crippen molar-refractivity contribution in [1.29, 1.82) is 0 Å². The molecular formula is C17H21N5O2. The summed E-state index contributed by atoms with van der Waals surface area (Å²) in [4.78, 5) is 34.1. The summed E-state index contributed by atoms with van der Waals surface area (Å²) in [6.45, 7) is 1.80. The smallest absolute Gasteiger partial charge is 0.252 e. The van der Waals surface area contributed by atoms with Crippen LogP contribution in [0.25, 0.3) is 5.82 Å². The average molecular weight is 327 g/mol. The Morgan fingerprint density at radius 1 is 1.25 bits per heavy atom. The minimum Gasteiger partial charge on any atom is -0.350 e. The summed E-state index contributed by atoms with van der Waals surface area (Å²) in [5.41, 5.74) is 0.501. The average Bonchev–Trinajstić information content (AvgIpc) is 3.07. The largest absolute Gasteiger partial charge is 0.350 e. The molecular weight excluding hydrogens is 306 g/mol. The van der Waals surface area contributed by atoms with Crippen LogP contribution in [0, 0.1) is 0 Å². The molecule has 126 valence electrons. The van der Waals surface area contributed by atoms with E-state index in [1.807, 2.05) is 4.90 Å². The van der Waals surface area contributed by atoms with Crippen LogP contribution in [0.3, 0.4) is 0 Å². The molecule has 1 aliphatic heterocycles. The zero-order valence-corrected chi connectivity index (χ0v) is 13.5. The van der Waals surface area contributed by atoms with Gasteiger partial charge in [0.2, 0.25) is 5.91 Å². The first kappa shape index (κ1) is 16.2. The lowest BCUT2D eigenvalue weighted by Gasteiger charge is -2.20. The van der Waals surface area contributed by atoms with Gasteiger partial charge in [0.25, 0.3) is 5.91 Å². The number of hydrogen-bond acceptors (Lipinski definition) is 4. The van der Waals surface area contributed by atoms with Crippen molar-refractivity contribution in [3.8, 4) is 5.82 Å². The van der Waals surface area contributed by atoms with Crippen LogP contribution in [0.1, 0.15) is 36.0 Å². The molecule has 7 nitrogen and oxygen atoms in total. The van der Waals surface area contributed by atoms with Crippen LogP contribution in [0.5, 0.6) is 0 Å². The predicted molar refractivity (Wildman–Crippen MR) is 88.7 cm³/mol. The normalized spacial score (nSPS) is 15.2. The van der Waals surface area contributed by atoms with Crippen LogP contribution >= 0.6 is 0 Å². The van der Waals surface area contributed by atoms with Crippen LogP contribution < -0.4 is 5.32 Å². The van der Waals surface area contributed by atoms with E-state index in [9.17, 15) is 9.59 Å². The Labute approximate surface area is 140 Å². The Hall–Kier alpha value is -2.70. The first-order valence-corrected chi connectivity index (χ1v) is 8.24. The second-order valence-corrected chi connectivity index (χ2v) is 5.82. The third kappa shape index (κ3) is 3.98. The quantitative estimate of drug-likeness (QED) is 0.900. The third-order valence-electron chi connectivity index (χ3n) is 4.12. The standard InChI is InChI=1S/C17H21N5O2/c23-16-4-2-1-3-9-21(16)11-8-19-17(24)14-5-6-15(20-12-14)22-10-7-18-13-22/h5-7,10,12-13H,1-4,8-9,11H2,(H,19,24). The molecule has 0 unspecified atom stereocenters. The van der Waals surface area contributed by atoms with Crippen LogP contribution in [0.2, 0.25) is 0 Å². The van der Waals surface area contributed by atoms with Gasteiger partial charge in [0, 0.05) is 44.6 Å². The van der Waals surface area contributed by atoms with E-state index in [1.165, 1.54) is 0 Å². The second kappa shape index (κ2) is 7.72. The van der Waals surface area contributed by atoms with Gasteiger partial charge in [-0.3, -0.25) is 14.2 Å². The maximum atomic E-state index is 12.2. The Balaban J connectivity index is 1.50. The Morgan fingerprint density at radius 2 is 2.17 bits per heavy atom. The number of carbonyl (C=O) groups excluding carboxylic acids is 2. The number of pyridine rings is 1. The van der Waals surface area contributed by atoms with E-state index >= 15 is 0 Å². The number of hydrogen-bond donors (Lipinski definition) is 1. The van der Waals surface area contributed by atoms with Gasteiger partial charge in [-0.25, -0.2) is 9.97 Å². The number of imidazole rings is 1. The monoisotopic (exact) mass is 327 g/mol. The van der Waals surface area contributed by atoms with Gasteiger partial charge in [-0.15, -0.1) is 0 Å². The molecule has 1 aliphatic rings. The lowest BCUT2D eigenvalue weighted by Crippen LogP contribution is -2.38. The number of aromatic nitrogens is 3. The lowest BCUT2D eigenvalue weighted by molar-refractivity contribution is -0.130. The molecule has 0 spiro atoms. The molecule has 0 radical (unpaired) electrons. The van der Waals surface area contributed by atoms with E-state index in [2.05, 4.69) is 15.3 Å². The van der Waals surface area contributed by atoms with Gasteiger partial charge in [-0.1, -0.05) is 6.42 Å². The summed E-state index contributed by atoms with van der Waals surface area (Å²) in [5.74, 6) is 0.717. The zero-order valence-electron chi connectivity index (χ0n) is 13.5. The minimum absolute atomic E-state index is 0.179. The van der Waals surface area contributed by atoms with E-state index in [1.54, 1.807) is 41.6 Å². The van der Waals surface area contributed by atoms with E-state index < -0.39 is 0 Å². The van der Waals surface area contributed by atoms with E-state index in [0.29, 0.717) is 30.9 Å². The molecule has 0 aliphatic carbocycles. The highest BCUT2D eigenvalue weighted by Gasteiger charge is 2.16. The van der Waals surface area contributed by atoms with Gasteiger partial charge in [0.1, 0.15) is 12.1 Å². The molecule has 2 aromatic rings. The van der Waals surface area contributed by atoms with Crippen LogP contribution in [-0.2, 0) is 4.79 Å². The number of carbonyl (C=O) groups is 2. The minimum atomic E-state index is -0.179. The SMILES string of the molecule is O=C(NCCN1CCCCCC1=O)c1ccc(-n2ccnc2)nc1. The van der Waals surface area contributed by atoms with Gasteiger partial charge in [-0.2, -0.15) is 0 Å². The fourth-order valence-electron chi connectivity index (χ4n) is 2.75. The molecule has 1 N–H and O–H groups in total. The summed E-state index contributed by atoms with van der Waals surface area (Å²) in [6.07, 6.45) is 10.4. The lowest BCUT2D eigenvalue weighted by atomic mass is 10.2. The first-order valence-electron chi connectivity index (χ1n) is 8.24. The van der Waals surface area contributed by atoms with Gasteiger partial charge in [0.15, 0.2) is 0 Å². The van der Waals surface area contributed by atoms with Gasteiger partial charge < -0.3 is 10.2 Å². The molecule has 0 atom stereocenters. The Bertz CT molecular complexity index is 682. The highest BCUT2D eigenvalue weighted by atomic mass is 16.2. The highest BCUT2D eigenvalue weighted by molar-refractivity contribution is 5.93. The molecule has 0 bridgehead atoms. The second-order valence-electron chi connectivity index (χ2n) is 5.82. The number of amides is 2. The number of rotatable bonds is 5. The third-order valence-corrected chi connectivity index (χ3v) is 4.12. The summed E-state index contributed by atoms with van der Waals surface area (Å²) in [7, 11) is 0. The molecule has 3 heterocycles. The molecule has 24 heavy (non-hydrogen) atoms. The maximum Gasteiger partial charge on any atom is 0.252 e. The number of likely N-dealkylation sites (tertiary alicyclic amines) is 1. The van der Waals surface area contributed by atoms with E-state index in [-0.39, 0.29) is 11.8 Å². The Kier molecular flexibility index (Phi) is 5.20. The van der Waals surface area contributed by atoms with Crippen molar-refractivity contribution in [1.82, 2.24) is 24.8 Å². The summed E-state index contributed by atoms with van der Waals surface area (Å²) >= 11 is 0. The summed E-state index contributed by atoms with van der Waals surface area (Å²) in [5, 5.41) is 2.85. The molecule has 2 aromatic heterocycles. The number of nitrogens with zero attached hydrogens (tertiary/aromatic N) is 4. The van der Waals surface area contributed by atoms with Gasteiger partial charge >= 0.3 is 0 Å². The van der Waals surface area contributed by atoms with Crippen LogP contribution in [-0.4, -0.2) is 50.9 Å². The zero-order chi connectivity index (χ0) is 16.8. The van der Waals surface area contributed by atoms with Crippen LogP contribution in [0.4, 0.5) is 0 Å².